The second kappa shape index (κ2) is 4.15. The second-order valence-corrected chi connectivity index (χ2v) is 3.90. The summed E-state index contributed by atoms with van der Waals surface area (Å²) in [6.45, 7) is 0.799. The van der Waals surface area contributed by atoms with Crippen molar-refractivity contribution >= 4 is 17.3 Å². The van der Waals surface area contributed by atoms with Crippen molar-refractivity contribution in [1.29, 1.82) is 0 Å². The summed E-state index contributed by atoms with van der Waals surface area (Å²) in [5.74, 6) is 0. The van der Waals surface area contributed by atoms with Crippen molar-refractivity contribution in [1.82, 2.24) is 4.98 Å². The van der Waals surface area contributed by atoms with Crippen LogP contribution in [0.15, 0.2) is 12.3 Å². The van der Waals surface area contributed by atoms with Crippen LogP contribution in [0, 0.1) is 0 Å². The molecule has 0 bridgehead atoms. The number of hydrogen-bond donors (Lipinski definition) is 1. The lowest BCUT2D eigenvalue weighted by molar-refractivity contribution is 0.0124. The van der Waals surface area contributed by atoms with Gasteiger partial charge in [0.25, 0.3) is 0 Å². The molecule has 0 spiro atoms. The second-order valence-electron chi connectivity index (χ2n) is 3.49. The Labute approximate surface area is 88.2 Å². The number of ether oxygens (including phenoxy) is 1. The number of anilines is 1. The molecule has 1 unspecified atom stereocenters. The van der Waals surface area contributed by atoms with Gasteiger partial charge in [0.15, 0.2) is 0 Å². The molecule has 0 amide bonds. The fourth-order valence-corrected chi connectivity index (χ4v) is 1.95. The summed E-state index contributed by atoms with van der Waals surface area (Å²) in [4.78, 5) is 4.22. The van der Waals surface area contributed by atoms with Crippen LogP contribution in [0.4, 0.5) is 5.69 Å². The maximum Gasteiger partial charge on any atom is 0.101 e. The van der Waals surface area contributed by atoms with Gasteiger partial charge in [-0.1, -0.05) is 11.6 Å². The molecule has 1 aliphatic heterocycles. The number of hydrogen-bond acceptors (Lipinski definition) is 3. The van der Waals surface area contributed by atoms with Crippen molar-refractivity contribution in [3.8, 4) is 0 Å². The summed E-state index contributed by atoms with van der Waals surface area (Å²) in [5, 5.41) is 0.608. The predicted octanol–water partition coefficient (Wildman–Crippen LogP) is 2.56. The number of aromatic nitrogens is 1. The zero-order chi connectivity index (χ0) is 9.97. The Morgan fingerprint density at radius 3 is 3.00 bits per heavy atom. The van der Waals surface area contributed by atoms with Gasteiger partial charge in [-0.05, 0) is 25.3 Å². The van der Waals surface area contributed by atoms with Crippen LogP contribution in [0.1, 0.15) is 31.1 Å². The predicted molar refractivity (Wildman–Crippen MR) is 56.2 cm³/mol. The van der Waals surface area contributed by atoms with Gasteiger partial charge >= 0.3 is 0 Å². The van der Waals surface area contributed by atoms with Crippen LogP contribution in [0.3, 0.4) is 0 Å². The highest BCUT2D eigenvalue weighted by Crippen LogP contribution is 2.31. The van der Waals surface area contributed by atoms with Gasteiger partial charge in [0.2, 0.25) is 0 Å². The zero-order valence-electron chi connectivity index (χ0n) is 7.87. The normalized spacial score (nSPS) is 22.2. The fraction of sp³-hybridized carbons (Fsp3) is 0.500. The third-order valence-corrected chi connectivity index (χ3v) is 2.68. The van der Waals surface area contributed by atoms with E-state index in [-0.39, 0.29) is 6.10 Å². The fourth-order valence-electron chi connectivity index (χ4n) is 1.66. The van der Waals surface area contributed by atoms with E-state index in [4.69, 9.17) is 22.1 Å². The van der Waals surface area contributed by atoms with Crippen LogP contribution in [-0.4, -0.2) is 11.6 Å². The minimum atomic E-state index is 0.0526. The highest BCUT2D eigenvalue weighted by Gasteiger charge is 2.19. The highest BCUT2D eigenvalue weighted by atomic mass is 35.5. The Kier molecular flexibility index (Phi) is 2.89. The van der Waals surface area contributed by atoms with Crippen molar-refractivity contribution < 1.29 is 4.74 Å². The van der Waals surface area contributed by atoms with E-state index in [0.29, 0.717) is 10.7 Å². The zero-order valence-corrected chi connectivity index (χ0v) is 8.63. The molecule has 1 aliphatic rings. The van der Waals surface area contributed by atoms with Gasteiger partial charge in [0, 0.05) is 6.61 Å². The summed E-state index contributed by atoms with van der Waals surface area (Å²) < 4.78 is 5.60. The quantitative estimate of drug-likeness (QED) is 0.779. The third kappa shape index (κ3) is 1.99. The van der Waals surface area contributed by atoms with Crippen LogP contribution < -0.4 is 5.73 Å². The monoisotopic (exact) mass is 212 g/mol. The van der Waals surface area contributed by atoms with Crippen LogP contribution in [-0.2, 0) is 4.74 Å². The Morgan fingerprint density at radius 2 is 2.36 bits per heavy atom. The first kappa shape index (κ1) is 9.74. The smallest absolute Gasteiger partial charge is 0.101 e. The molecular formula is C10H13ClN2O. The van der Waals surface area contributed by atoms with Crippen LogP contribution in [0.25, 0.3) is 0 Å². The molecule has 0 saturated carbocycles. The third-order valence-electron chi connectivity index (χ3n) is 2.38. The van der Waals surface area contributed by atoms with Crippen molar-refractivity contribution in [2.24, 2.45) is 0 Å². The molecule has 1 atom stereocenters. The summed E-state index contributed by atoms with van der Waals surface area (Å²) in [7, 11) is 0. The van der Waals surface area contributed by atoms with Crippen molar-refractivity contribution in [3.63, 3.8) is 0 Å². The van der Waals surface area contributed by atoms with Gasteiger partial charge in [0.1, 0.15) is 6.10 Å². The largest absolute Gasteiger partial charge is 0.397 e. The summed E-state index contributed by atoms with van der Waals surface area (Å²) in [5.41, 5.74) is 6.98. The van der Waals surface area contributed by atoms with Gasteiger partial charge in [-0.25, -0.2) is 0 Å². The average Bonchev–Trinajstić information content (AvgIpc) is 2.19. The van der Waals surface area contributed by atoms with E-state index in [0.717, 1.165) is 25.1 Å². The number of pyridine rings is 1. The molecule has 0 aliphatic carbocycles. The summed E-state index contributed by atoms with van der Waals surface area (Å²) in [6.07, 6.45) is 4.98. The van der Waals surface area contributed by atoms with Gasteiger partial charge < -0.3 is 10.5 Å². The van der Waals surface area contributed by atoms with E-state index in [1.807, 2.05) is 0 Å². The van der Waals surface area contributed by atoms with E-state index < -0.39 is 0 Å². The van der Waals surface area contributed by atoms with E-state index in [1.54, 1.807) is 12.3 Å². The number of nitrogens with zero attached hydrogens (tertiary/aromatic N) is 1. The minimum absolute atomic E-state index is 0.0526. The summed E-state index contributed by atoms with van der Waals surface area (Å²) in [6, 6.07) is 1.72. The number of nitrogens with two attached hydrogens (primary N) is 1. The van der Waals surface area contributed by atoms with E-state index in [1.165, 1.54) is 6.42 Å². The maximum atomic E-state index is 6.04. The van der Waals surface area contributed by atoms with Crippen molar-refractivity contribution in [3.05, 3.63) is 23.0 Å². The van der Waals surface area contributed by atoms with Gasteiger partial charge in [-0.15, -0.1) is 0 Å². The Balaban J connectivity index is 2.22. The molecule has 14 heavy (non-hydrogen) atoms. The molecular weight excluding hydrogens is 200 g/mol. The molecule has 1 fully saturated rings. The molecule has 2 heterocycles. The van der Waals surface area contributed by atoms with Crippen molar-refractivity contribution in [2.45, 2.75) is 25.4 Å². The first-order valence-corrected chi connectivity index (χ1v) is 5.17. The number of rotatable bonds is 1. The van der Waals surface area contributed by atoms with E-state index in [9.17, 15) is 0 Å². The number of halogens is 1. The Bertz CT molecular complexity index is 324. The molecule has 1 aromatic rings. The molecule has 2 N–H and O–H groups in total. The molecule has 0 aromatic carbocycles. The molecule has 4 heteroatoms. The van der Waals surface area contributed by atoms with Crippen LogP contribution in [0.5, 0.6) is 0 Å². The SMILES string of the molecule is Nc1cnc(C2CCCCO2)c(Cl)c1. The van der Waals surface area contributed by atoms with Crippen molar-refractivity contribution in [2.75, 3.05) is 12.3 Å². The standard InChI is InChI=1S/C10H13ClN2O/c11-8-5-7(12)6-13-10(8)9-3-1-2-4-14-9/h5-6,9H,1-4,12H2. The van der Waals surface area contributed by atoms with E-state index >= 15 is 0 Å². The van der Waals surface area contributed by atoms with E-state index in [2.05, 4.69) is 4.98 Å². The van der Waals surface area contributed by atoms with Crippen LogP contribution in [0.2, 0.25) is 5.02 Å². The van der Waals surface area contributed by atoms with Gasteiger partial charge in [-0.3, -0.25) is 4.98 Å². The lowest BCUT2D eigenvalue weighted by Gasteiger charge is -2.22. The molecule has 1 aromatic heterocycles. The molecule has 3 nitrogen and oxygen atoms in total. The van der Waals surface area contributed by atoms with Gasteiger partial charge in [-0.2, -0.15) is 0 Å². The molecule has 2 rings (SSSR count). The summed E-state index contributed by atoms with van der Waals surface area (Å²) >= 11 is 6.04. The maximum absolute atomic E-state index is 6.04. The highest BCUT2D eigenvalue weighted by molar-refractivity contribution is 6.31. The average molecular weight is 213 g/mol. The lowest BCUT2D eigenvalue weighted by atomic mass is 10.1. The minimum Gasteiger partial charge on any atom is -0.397 e. The molecule has 1 saturated heterocycles. The van der Waals surface area contributed by atoms with Gasteiger partial charge in [0.05, 0.1) is 22.6 Å². The van der Waals surface area contributed by atoms with Crippen LogP contribution >= 0.6 is 11.6 Å². The lowest BCUT2D eigenvalue weighted by Crippen LogP contribution is -2.13. The molecule has 0 radical (unpaired) electrons. The topological polar surface area (TPSA) is 48.1 Å². The Morgan fingerprint density at radius 1 is 1.50 bits per heavy atom. The number of nitrogen functional groups attached to an aromatic ring is 1. The first-order valence-electron chi connectivity index (χ1n) is 4.80. The molecule has 76 valence electrons. The first-order chi connectivity index (χ1) is 6.77. The Hall–Kier alpha value is -0.800.